The minimum absolute atomic E-state index is 1.23. The summed E-state index contributed by atoms with van der Waals surface area (Å²) in [5.74, 6) is 0. The van der Waals surface area contributed by atoms with Crippen LogP contribution in [0.3, 0.4) is 0 Å². The van der Waals surface area contributed by atoms with E-state index in [0.29, 0.717) is 0 Å². The Morgan fingerprint density at radius 3 is 0.923 bits per heavy atom. The average molecular weight is 673 g/mol. The van der Waals surface area contributed by atoms with Crippen molar-refractivity contribution in [2.75, 3.05) is 0 Å². The first-order valence-corrected chi connectivity index (χ1v) is 18.4. The van der Waals surface area contributed by atoms with Gasteiger partial charge in [0, 0.05) is 21.5 Å². The molecule has 0 amide bonds. The van der Waals surface area contributed by atoms with Crippen LogP contribution < -0.4 is 0 Å². The van der Waals surface area contributed by atoms with Gasteiger partial charge in [0.2, 0.25) is 0 Å². The number of rotatable bonds is 4. The van der Waals surface area contributed by atoms with Crippen LogP contribution in [0.1, 0.15) is 44.5 Å². The Morgan fingerprint density at radius 2 is 0.577 bits per heavy atom. The van der Waals surface area contributed by atoms with E-state index in [1.165, 1.54) is 122 Å². The van der Waals surface area contributed by atoms with Crippen molar-refractivity contribution in [3.05, 3.63) is 166 Å². The Morgan fingerprint density at radius 1 is 0.269 bits per heavy atom. The third-order valence-corrected chi connectivity index (χ3v) is 11.1. The van der Waals surface area contributed by atoms with E-state index < -0.39 is 0 Å². The zero-order valence-electron chi connectivity index (χ0n) is 31.4. The molecule has 0 aliphatic heterocycles. The summed E-state index contributed by atoms with van der Waals surface area (Å²) in [5, 5.41) is 5.06. The molecule has 2 aromatic heterocycles. The molecule has 0 saturated heterocycles. The van der Waals surface area contributed by atoms with Crippen LogP contribution in [-0.2, 0) is 0 Å². The molecule has 9 aromatic rings. The molecule has 0 saturated carbocycles. The zero-order chi connectivity index (χ0) is 36.0. The molecule has 0 aliphatic rings. The highest BCUT2D eigenvalue weighted by Crippen LogP contribution is 2.43. The van der Waals surface area contributed by atoms with E-state index in [2.05, 4.69) is 186 Å². The molecule has 0 atom stereocenters. The molecule has 2 nitrogen and oxygen atoms in total. The van der Waals surface area contributed by atoms with Gasteiger partial charge in [0.05, 0.1) is 33.4 Å². The smallest absolute Gasteiger partial charge is 0.0549 e. The predicted octanol–water partition coefficient (Wildman–Crippen LogP) is 13.7. The van der Waals surface area contributed by atoms with Gasteiger partial charge < -0.3 is 9.13 Å². The van der Waals surface area contributed by atoms with Gasteiger partial charge in [0.25, 0.3) is 0 Å². The molecule has 0 radical (unpaired) electrons. The second-order valence-electron chi connectivity index (χ2n) is 15.2. The van der Waals surface area contributed by atoms with Crippen molar-refractivity contribution < 1.29 is 0 Å². The van der Waals surface area contributed by atoms with Crippen molar-refractivity contribution in [2.24, 2.45) is 0 Å². The summed E-state index contributed by atoms with van der Waals surface area (Å²) in [5.41, 5.74) is 22.7. The molecule has 0 bridgehead atoms. The monoisotopic (exact) mass is 672 g/mol. The molecule has 0 N–H and O–H groups in total. The summed E-state index contributed by atoms with van der Waals surface area (Å²) in [6.45, 7) is 17.7. The molecule has 254 valence electrons. The van der Waals surface area contributed by atoms with Crippen LogP contribution >= 0.6 is 0 Å². The maximum Gasteiger partial charge on any atom is 0.0549 e. The number of hydrogen-bond donors (Lipinski definition) is 0. The molecule has 0 aliphatic carbocycles. The van der Waals surface area contributed by atoms with Gasteiger partial charge in [-0.15, -0.1) is 0 Å². The summed E-state index contributed by atoms with van der Waals surface area (Å²) in [4.78, 5) is 0. The van der Waals surface area contributed by atoms with E-state index in [9.17, 15) is 0 Å². The second-order valence-corrected chi connectivity index (χ2v) is 15.2. The van der Waals surface area contributed by atoms with Crippen molar-refractivity contribution in [1.82, 2.24) is 9.13 Å². The highest BCUT2D eigenvalue weighted by Gasteiger charge is 2.22. The highest BCUT2D eigenvalue weighted by molar-refractivity contribution is 6.20. The Hall–Kier alpha value is -5.86. The number of nitrogens with zero attached hydrogens (tertiary/aromatic N) is 2. The fourth-order valence-corrected chi connectivity index (χ4v) is 8.91. The molecule has 52 heavy (non-hydrogen) atoms. The topological polar surface area (TPSA) is 9.86 Å². The predicted molar refractivity (Wildman–Crippen MR) is 224 cm³/mol. The van der Waals surface area contributed by atoms with Crippen molar-refractivity contribution in [3.8, 4) is 33.6 Å². The maximum atomic E-state index is 2.53. The lowest BCUT2D eigenvalue weighted by atomic mass is 10.0. The maximum absolute atomic E-state index is 2.53. The third kappa shape index (κ3) is 5.00. The largest absolute Gasteiger partial charge is 0.309 e. The molecule has 0 fully saturated rings. The molecule has 7 aromatic carbocycles. The van der Waals surface area contributed by atoms with E-state index in [-0.39, 0.29) is 0 Å². The SMILES string of the molecule is Cc1ccc(-c2ccc3c(c2)c2cc4c(cc2n3-c2c(C)cc(C)cc2C)c2cc(-c3ccc(C)cc3)ccc2n4-c2c(C)cc(C)cc2C)cc1. The van der Waals surface area contributed by atoms with Crippen LogP contribution in [0.5, 0.6) is 0 Å². The Balaban J connectivity index is 1.45. The van der Waals surface area contributed by atoms with E-state index in [4.69, 9.17) is 0 Å². The lowest BCUT2D eigenvalue weighted by Crippen LogP contribution is -2.01. The number of benzene rings is 7. The van der Waals surface area contributed by atoms with Gasteiger partial charge >= 0.3 is 0 Å². The van der Waals surface area contributed by atoms with Gasteiger partial charge in [0.1, 0.15) is 0 Å². The van der Waals surface area contributed by atoms with Crippen molar-refractivity contribution in [1.29, 1.82) is 0 Å². The Labute approximate surface area is 306 Å². The lowest BCUT2D eigenvalue weighted by Gasteiger charge is -2.16. The van der Waals surface area contributed by atoms with Gasteiger partial charge in [-0.2, -0.15) is 0 Å². The first-order chi connectivity index (χ1) is 25.0. The first kappa shape index (κ1) is 32.1. The summed E-state index contributed by atoms with van der Waals surface area (Å²) in [6.07, 6.45) is 0. The fraction of sp³-hybridized carbons (Fsp3) is 0.160. The van der Waals surface area contributed by atoms with Crippen LogP contribution in [0.15, 0.2) is 121 Å². The molecule has 2 heteroatoms. The number of aryl methyl sites for hydroxylation is 8. The normalized spacial score (nSPS) is 11.8. The van der Waals surface area contributed by atoms with Crippen LogP contribution in [0.4, 0.5) is 0 Å². The minimum Gasteiger partial charge on any atom is -0.309 e. The van der Waals surface area contributed by atoms with E-state index in [1.54, 1.807) is 0 Å². The van der Waals surface area contributed by atoms with Crippen LogP contribution in [0, 0.1) is 55.4 Å². The molecule has 2 heterocycles. The minimum atomic E-state index is 1.23. The van der Waals surface area contributed by atoms with Gasteiger partial charge in [-0.05, 0) is 136 Å². The van der Waals surface area contributed by atoms with Gasteiger partial charge in [-0.3, -0.25) is 0 Å². The van der Waals surface area contributed by atoms with E-state index >= 15 is 0 Å². The first-order valence-electron chi connectivity index (χ1n) is 18.4. The van der Waals surface area contributed by atoms with E-state index in [1.807, 2.05) is 0 Å². The van der Waals surface area contributed by atoms with Crippen LogP contribution in [0.2, 0.25) is 0 Å². The number of aromatic nitrogens is 2. The summed E-state index contributed by atoms with van der Waals surface area (Å²) < 4.78 is 5.06. The fourth-order valence-electron chi connectivity index (χ4n) is 8.91. The van der Waals surface area contributed by atoms with Crippen molar-refractivity contribution in [3.63, 3.8) is 0 Å². The summed E-state index contributed by atoms with van der Waals surface area (Å²) in [6, 6.07) is 46.1. The molecular formula is C50H44N2. The molecule has 0 spiro atoms. The Bertz CT molecular complexity index is 2650. The van der Waals surface area contributed by atoms with Gasteiger partial charge in [-0.25, -0.2) is 0 Å². The van der Waals surface area contributed by atoms with Crippen molar-refractivity contribution >= 4 is 43.6 Å². The number of hydrogen-bond acceptors (Lipinski definition) is 0. The molecule has 0 unspecified atom stereocenters. The quantitative estimate of drug-likeness (QED) is 0.176. The van der Waals surface area contributed by atoms with Crippen molar-refractivity contribution in [2.45, 2.75) is 55.4 Å². The Kier molecular flexibility index (Phi) is 7.31. The standard InChI is InChI=1S/C50H44N2/c1-29-9-13-37(14-10-29)39-17-19-45-41(25-39)43-27-48-44(28-47(43)51(45)49-33(5)21-31(3)22-34(49)6)42-26-40(38-15-11-30(2)12-16-38)18-20-46(42)52(48)50-35(7)23-32(4)24-36(50)8/h9-28H,1-8H3. The number of fused-ring (bicyclic) bond motifs is 6. The molecule has 9 rings (SSSR count). The summed E-state index contributed by atoms with van der Waals surface area (Å²) >= 11 is 0. The molecular weight excluding hydrogens is 629 g/mol. The lowest BCUT2D eigenvalue weighted by molar-refractivity contribution is 1.11. The van der Waals surface area contributed by atoms with Crippen LogP contribution in [-0.4, -0.2) is 9.13 Å². The zero-order valence-corrected chi connectivity index (χ0v) is 31.4. The van der Waals surface area contributed by atoms with Gasteiger partial charge in [0.15, 0.2) is 0 Å². The summed E-state index contributed by atoms with van der Waals surface area (Å²) in [7, 11) is 0. The van der Waals surface area contributed by atoms with Crippen LogP contribution in [0.25, 0.3) is 77.2 Å². The second kappa shape index (κ2) is 11.9. The van der Waals surface area contributed by atoms with Gasteiger partial charge in [-0.1, -0.05) is 107 Å². The average Bonchev–Trinajstić information content (AvgIpc) is 3.58. The third-order valence-electron chi connectivity index (χ3n) is 11.1. The highest BCUT2D eigenvalue weighted by atomic mass is 15.0. The van der Waals surface area contributed by atoms with E-state index in [0.717, 1.165) is 0 Å².